The fourth-order valence-corrected chi connectivity index (χ4v) is 3.98. The van der Waals surface area contributed by atoms with Crippen molar-refractivity contribution in [2.24, 2.45) is 13.0 Å². The van der Waals surface area contributed by atoms with E-state index in [-0.39, 0.29) is 17.7 Å². The number of ether oxygens (including phenoxy) is 1. The molecule has 0 saturated carbocycles. The lowest BCUT2D eigenvalue weighted by Crippen LogP contribution is -2.45. The molecule has 0 radical (unpaired) electrons. The van der Waals surface area contributed by atoms with Crippen molar-refractivity contribution in [3.8, 4) is 5.75 Å². The molecule has 1 fully saturated rings. The summed E-state index contributed by atoms with van der Waals surface area (Å²) in [5, 5.41) is 4.43. The Balaban J connectivity index is 1.68. The number of para-hydroxylation sites is 1. The molecule has 2 heterocycles. The first-order valence-corrected chi connectivity index (χ1v) is 9.95. The molecular formula is C22H30N4O3. The highest BCUT2D eigenvalue weighted by atomic mass is 16.5. The molecule has 7 nitrogen and oxygen atoms in total. The van der Waals surface area contributed by atoms with Gasteiger partial charge < -0.3 is 14.5 Å². The van der Waals surface area contributed by atoms with E-state index in [0.29, 0.717) is 32.5 Å². The first-order chi connectivity index (χ1) is 13.8. The van der Waals surface area contributed by atoms with E-state index in [2.05, 4.69) is 5.10 Å². The fraction of sp³-hybridized carbons (Fsp3) is 0.500. The van der Waals surface area contributed by atoms with Gasteiger partial charge in [0.2, 0.25) is 11.8 Å². The van der Waals surface area contributed by atoms with Crippen LogP contribution in [0.25, 0.3) is 0 Å². The molecule has 1 aromatic carbocycles. The van der Waals surface area contributed by atoms with Crippen molar-refractivity contribution in [2.75, 3.05) is 20.7 Å². The SMILES string of the molecule is COc1ccccc1CN1C[C@@H](C(=O)N(C)Cc2c(C)nn(C)c2C)CCC1=O. The van der Waals surface area contributed by atoms with Gasteiger partial charge in [0.25, 0.3) is 0 Å². The Labute approximate surface area is 172 Å². The Kier molecular flexibility index (Phi) is 6.25. The maximum atomic E-state index is 13.1. The number of aromatic nitrogens is 2. The molecule has 3 rings (SSSR count). The topological polar surface area (TPSA) is 67.7 Å². The van der Waals surface area contributed by atoms with E-state index in [1.165, 1.54) is 0 Å². The zero-order chi connectivity index (χ0) is 21.1. The lowest BCUT2D eigenvalue weighted by molar-refractivity contribution is -0.143. The van der Waals surface area contributed by atoms with Gasteiger partial charge in [0, 0.05) is 57.0 Å². The van der Waals surface area contributed by atoms with Gasteiger partial charge in [-0.3, -0.25) is 14.3 Å². The summed E-state index contributed by atoms with van der Waals surface area (Å²) in [7, 11) is 5.37. The van der Waals surface area contributed by atoms with E-state index in [1.807, 2.05) is 56.9 Å². The zero-order valence-electron chi connectivity index (χ0n) is 17.9. The number of carbonyl (C=O) groups excluding carboxylic acids is 2. The molecule has 2 amide bonds. The van der Waals surface area contributed by atoms with E-state index >= 15 is 0 Å². The standard InChI is InChI=1S/C22H30N4O3/c1-15-19(16(2)25(4)23-15)14-24(3)22(28)18-10-11-21(27)26(13-18)12-17-8-6-7-9-20(17)29-5/h6-9,18H,10-14H2,1-5H3/t18-/m0/s1. The molecule has 156 valence electrons. The molecule has 1 aliphatic heterocycles. The van der Waals surface area contributed by atoms with Gasteiger partial charge in [-0.25, -0.2) is 0 Å². The third-order valence-corrected chi connectivity index (χ3v) is 5.83. The number of hydrogen-bond acceptors (Lipinski definition) is 4. The average Bonchev–Trinajstić information content (AvgIpc) is 2.95. The Morgan fingerprint density at radius 3 is 2.69 bits per heavy atom. The smallest absolute Gasteiger partial charge is 0.227 e. The predicted molar refractivity (Wildman–Crippen MR) is 110 cm³/mol. The van der Waals surface area contributed by atoms with Gasteiger partial charge in [-0.2, -0.15) is 5.10 Å². The number of methoxy groups -OCH3 is 1. The number of rotatable bonds is 6. The maximum Gasteiger partial charge on any atom is 0.227 e. The van der Waals surface area contributed by atoms with Crippen molar-refractivity contribution in [3.63, 3.8) is 0 Å². The minimum absolute atomic E-state index is 0.0742. The molecular weight excluding hydrogens is 368 g/mol. The van der Waals surface area contributed by atoms with Crippen LogP contribution in [0.5, 0.6) is 5.75 Å². The van der Waals surface area contributed by atoms with Crippen molar-refractivity contribution < 1.29 is 14.3 Å². The van der Waals surface area contributed by atoms with E-state index in [0.717, 1.165) is 28.3 Å². The van der Waals surface area contributed by atoms with Crippen LogP contribution in [0.2, 0.25) is 0 Å². The maximum absolute atomic E-state index is 13.1. The van der Waals surface area contributed by atoms with E-state index in [1.54, 1.807) is 16.9 Å². The van der Waals surface area contributed by atoms with Gasteiger partial charge in [-0.1, -0.05) is 18.2 Å². The normalized spacial score (nSPS) is 16.8. The van der Waals surface area contributed by atoms with Gasteiger partial charge in [0.15, 0.2) is 0 Å². The lowest BCUT2D eigenvalue weighted by atomic mass is 9.95. The summed E-state index contributed by atoms with van der Waals surface area (Å²) in [6, 6.07) is 7.68. The summed E-state index contributed by atoms with van der Waals surface area (Å²) in [5.41, 5.74) is 4.05. The first kappa shape index (κ1) is 20.9. The molecule has 0 N–H and O–H groups in total. The second kappa shape index (κ2) is 8.68. The first-order valence-electron chi connectivity index (χ1n) is 9.95. The monoisotopic (exact) mass is 398 g/mol. The van der Waals surface area contributed by atoms with Crippen molar-refractivity contribution in [1.82, 2.24) is 19.6 Å². The number of amides is 2. The van der Waals surface area contributed by atoms with Crippen molar-refractivity contribution in [3.05, 3.63) is 46.8 Å². The molecule has 1 aliphatic rings. The molecule has 0 spiro atoms. The van der Waals surface area contributed by atoms with E-state index in [4.69, 9.17) is 4.74 Å². The number of carbonyl (C=O) groups is 2. The molecule has 0 unspecified atom stereocenters. The minimum Gasteiger partial charge on any atom is -0.496 e. The van der Waals surface area contributed by atoms with Crippen LogP contribution in [0.4, 0.5) is 0 Å². The Hall–Kier alpha value is -2.83. The van der Waals surface area contributed by atoms with Gasteiger partial charge in [0.05, 0.1) is 18.7 Å². The zero-order valence-corrected chi connectivity index (χ0v) is 17.9. The summed E-state index contributed by atoms with van der Waals surface area (Å²) in [5.74, 6) is 0.727. The fourth-order valence-electron chi connectivity index (χ4n) is 3.98. The van der Waals surface area contributed by atoms with Gasteiger partial charge in [-0.15, -0.1) is 0 Å². The Morgan fingerprint density at radius 1 is 1.31 bits per heavy atom. The van der Waals surface area contributed by atoms with Gasteiger partial charge >= 0.3 is 0 Å². The van der Waals surface area contributed by atoms with Crippen molar-refractivity contribution >= 4 is 11.8 Å². The summed E-state index contributed by atoms with van der Waals surface area (Å²) < 4.78 is 7.25. The molecule has 1 aromatic heterocycles. The second-order valence-electron chi connectivity index (χ2n) is 7.79. The van der Waals surface area contributed by atoms with Crippen LogP contribution in [0.15, 0.2) is 24.3 Å². The summed E-state index contributed by atoms with van der Waals surface area (Å²) in [6.45, 7) is 5.40. The van der Waals surface area contributed by atoms with Crippen LogP contribution in [-0.4, -0.2) is 52.1 Å². The van der Waals surface area contributed by atoms with E-state index in [9.17, 15) is 9.59 Å². The number of piperidine rings is 1. The second-order valence-corrected chi connectivity index (χ2v) is 7.79. The number of benzene rings is 1. The largest absolute Gasteiger partial charge is 0.496 e. The predicted octanol–water partition coefficient (Wildman–Crippen LogP) is 2.44. The highest BCUT2D eigenvalue weighted by Crippen LogP contribution is 2.25. The van der Waals surface area contributed by atoms with E-state index < -0.39 is 0 Å². The third-order valence-electron chi connectivity index (χ3n) is 5.83. The van der Waals surface area contributed by atoms with Crippen LogP contribution in [-0.2, 0) is 29.7 Å². The number of likely N-dealkylation sites (tertiary alicyclic amines) is 1. The number of nitrogens with zero attached hydrogens (tertiary/aromatic N) is 4. The highest BCUT2D eigenvalue weighted by molar-refractivity contribution is 5.83. The quantitative estimate of drug-likeness (QED) is 0.750. The molecule has 29 heavy (non-hydrogen) atoms. The molecule has 1 saturated heterocycles. The summed E-state index contributed by atoms with van der Waals surface area (Å²) in [4.78, 5) is 29.1. The van der Waals surface area contributed by atoms with Crippen molar-refractivity contribution in [1.29, 1.82) is 0 Å². The molecule has 2 aromatic rings. The molecule has 0 aliphatic carbocycles. The Bertz CT molecular complexity index is 905. The minimum atomic E-state index is -0.190. The van der Waals surface area contributed by atoms with Gasteiger partial charge in [0.1, 0.15) is 5.75 Å². The van der Waals surface area contributed by atoms with Crippen molar-refractivity contribution in [2.45, 2.75) is 39.8 Å². The highest BCUT2D eigenvalue weighted by Gasteiger charge is 2.32. The third kappa shape index (κ3) is 4.44. The summed E-state index contributed by atoms with van der Waals surface area (Å²) in [6.07, 6.45) is 0.986. The molecule has 7 heteroatoms. The number of aryl methyl sites for hydroxylation is 2. The van der Waals surface area contributed by atoms with Gasteiger partial charge in [-0.05, 0) is 26.3 Å². The molecule has 1 atom stereocenters. The van der Waals surface area contributed by atoms with Crippen LogP contribution in [0.3, 0.4) is 0 Å². The van der Waals surface area contributed by atoms with Crippen LogP contribution in [0, 0.1) is 19.8 Å². The van der Waals surface area contributed by atoms with Crippen LogP contribution < -0.4 is 4.74 Å². The van der Waals surface area contributed by atoms with Crippen LogP contribution in [0.1, 0.15) is 35.4 Å². The summed E-state index contributed by atoms with van der Waals surface area (Å²) >= 11 is 0. The molecule has 0 bridgehead atoms. The lowest BCUT2D eigenvalue weighted by Gasteiger charge is -2.34. The number of hydrogen-bond donors (Lipinski definition) is 0. The van der Waals surface area contributed by atoms with Crippen LogP contribution >= 0.6 is 0 Å². The average molecular weight is 399 g/mol. The Morgan fingerprint density at radius 2 is 2.03 bits per heavy atom.